The maximum atomic E-state index is 12.9. The molecule has 1 amide bonds. The Bertz CT molecular complexity index is 979. The molecule has 0 unspecified atom stereocenters. The molecular formula is C20H14ClF3N2O2. The lowest BCUT2D eigenvalue weighted by Gasteiger charge is -2.12. The third-order valence-corrected chi connectivity index (χ3v) is 4.14. The Balaban J connectivity index is 1.64. The van der Waals surface area contributed by atoms with Gasteiger partial charge in [-0.2, -0.15) is 13.2 Å². The molecule has 0 saturated heterocycles. The molecule has 0 saturated carbocycles. The van der Waals surface area contributed by atoms with Crippen molar-refractivity contribution in [2.24, 2.45) is 0 Å². The summed E-state index contributed by atoms with van der Waals surface area (Å²) in [5.41, 5.74) is 1.45. The Hall–Kier alpha value is -3.06. The van der Waals surface area contributed by atoms with Gasteiger partial charge in [-0.3, -0.25) is 10.3 Å². The van der Waals surface area contributed by atoms with Crippen molar-refractivity contribution < 1.29 is 22.7 Å². The molecule has 0 radical (unpaired) electrons. The van der Waals surface area contributed by atoms with E-state index in [-0.39, 0.29) is 12.3 Å². The number of carbonyl (C=O) groups is 1. The van der Waals surface area contributed by atoms with Gasteiger partial charge in [0.05, 0.1) is 10.6 Å². The molecule has 3 aromatic rings. The summed E-state index contributed by atoms with van der Waals surface area (Å²) in [5.74, 6) is 0. The van der Waals surface area contributed by atoms with E-state index in [0.29, 0.717) is 0 Å². The van der Waals surface area contributed by atoms with Gasteiger partial charge in [-0.05, 0) is 47.0 Å². The molecule has 1 aromatic heterocycles. The van der Waals surface area contributed by atoms with Crippen LogP contribution in [-0.2, 0) is 17.5 Å². The molecule has 0 aliphatic rings. The molecule has 0 aliphatic carbocycles. The predicted molar refractivity (Wildman–Crippen MR) is 99.9 cm³/mol. The van der Waals surface area contributed by atoms with Crippen LogP contribution in [0.3, 0.4) is 0 Å². The number of amides is 1. The minimum absolute atomic E-state index is 0.0420. The highest BCUT2D eigenvalue weighted by Crippen LogP contribution is 2.36. The molecule has 1 heterocycles. The Kier molecular flexibility index (Phi) is 5.84. The molecule has 0 aliphatic heterocycles. The van der Waals surface area contributed by atoms with Crippen LogP contribution in [0.15, 0.2) is 67.0 Å². The van der Waals surface area contributed by atoms with Gasteiger partial charge in [-0.25, -0.2) is 4.79 Å². The van der Waals surface area contributed by atoms with Crippen molar-refractivity contribution in [2.75, 3.05) is 5.32 Å². The average molecular weight is 407 g/mol. The molecule has 4 nitrogen and oxygen atoms in total. The van der Waals surface area contributed by atoms with Gasteiger partial charge >= 0.3 is 12.3 Å². The molecule has 8 heteroatoms. The summed E-state index contributed by atoms with van der Waals surface area (Å²) in [4.78, 5) is 16.0. The van der Waals surface area contributed by atoms with Gasteiger partial charge in [0.15, 0.2) is 0 Å². The zero-order chi connectivity index (χ0) is 20.1. The van der Waals surface area contributed by atoms with Crippen LogP contribution in [0.5, 0.6) is 0 Å². The molecule has 0 atom stereocenters. The van der Waals surface area contributed by atoms with E-state index in [1.54, 1.807) is 18.5 Å². The highest BCUT2D eigenvalue weighted by Gasteiger charge is 2.33. The monoisotopic (exact) mass is 406 g/mol. The largest absolute Gasteiger partial charge is 0.444 e. The zero-order valence-electron chi connectivity index (χ0n) is 14.3. The van der Waals surface area contributed by atoms with E-state index in [1.807, 2.05) is 30.3 Å². The second kappa shape index (κ2) is 8.31. The zero-order valence-corrected chi connectivity index (χ0v) is 15.1. The van der Waals surface area contributed by atoms with Crippen LogP contribution in [0.4, 0.5) is 23.7 Å². The maximum Gasteiger partial charge on any atom is 0.417 e. The standard InChI is InChI=1S/C20H14ClF3N2O2/c21-18-7-6-16(10-17(18)20(22,23)24)26-19(27)28-12-13-3-1-4-14(9-13)15-5-2-8-25-11-15/h1-11H,12H2,(H,26,27). The van der Waals surface area contributed by atoms with Crippen molar-refractivity contribution in [1.29, 1.82) is 0 Å². The number of halogens is 4. The minimum Gasteiger partial charge on any atom is -0.444 e. The second-order valence-electron chi connectivity index (χ2n) is 5.84. The van der Waals surface area contributed by atoms with Crippen molar-refractivity contribution >= 4 is 23.4 Å². The predicted octanol–water partition coefficient (Wildman–Crippen LogP) is 6.17. The van der Waals surface area contributed by atoms with Gasteiger partial charge in [0.2, 0.25) is 0 Å². The first-order valence-electron chi connectivity index (χ1n) is 8.13. The van der Waals surface area contributed by atoms with Crippen molar-refractivity contribution in [1.82, 2.24) is 4.98 Å². The number of hydrogen-bond acceptors (Lipinski definition) is 3. The molecule has 0 bridgehead atoms. The number of ether oxygens (including phenoxy) is 1. The third-order valence-electron chi connectivity index (χ3n) is 3.81. The van der Waals surface area contributed by atoms with Crippen LogP contribution < -0.4 is 5.32 Å². The van der Waals surface area contributed by atoms with Gasteiger partial charge in [-0.15, -0.1) is 0 Å². The summed E-state index contributed by atoms with van der Waals surface area (Å²) < 4.78 is 43.7. The Morgan fingerprint density at radius 1 is 1.07 bits per heavy atom. The van der Waals surface area contributed by atoms with Crippen LogP contribution >= 0.6 is 11.6 Å². The Labute approximate surface area is 163 Å². The highest BCUT2D eigenvalue weighted by atomic mass is 35.5. The highest BCUT2D eigenvalue weighted by molar-refractivity contribution is 6.31. The fourth-order valence-corrected chi connectivity index (χ4v) is 2.72. The number of carbonyl (C=O) groups excluding carboxylic acids is 1. The number of rotatable bonds is 4. The van der Waals surface area contributed by atoms with Crippen LogP contribution in [0.1, 0.15) is 11.1 Å². The molecule has 3 rings (SSSR count). The lowest BCUT2D eigenvalue weighted by Crippen LogP contribution is -2.14. The number of hydrogen-bond donors (Lipinski definition) is 1. The third kappa shape index (κ3) is 5.01. The number of nitrogens with zero attached hydrogens (tertiary/aromatic N) is 1. The normalized spacial score (nSPS) is 11.1. The van der Waals surface area contributed by atoms with E-state index < -0.39 is 22.9 Å². The first-order chi connectivity index (χ1) is 13.3. The summed E-state index contributed by atoms with van der Waals surface area (Å²) in [5, 5.41) is 1.82. The number of nitrogens with one attached hydrogen (secondary N) is 1. The fraction of sp³-hybridized carbons (Fsp3) is 0.100. The molecule has 144 valence electrons. The van der Waals surface area contributed by atoms with Gasteiger partial charge in [-0.1, -0.05) is 35.9 Å². The Morgan fingerprint density at radius 2 is 1.86 bits per heavy atom. The second-order valence-corrected chi connectivity index (χ2v) is 6.24. The lowest BCUT2D eigenvalue weighted by atomic mass is 10.1. The van der Waals surface area contributed by atoms with Crippen molar-refractivity contribution in [3.05, 3.63) is 83.1 Å². The van der Waals surface area contributed by atoms with Crippen LogP contribution in [-0.4, -0.2) is 11.1 Å². The number of alkyl halides is 3. The SMILES string of the molecule is O=C(Nc1ccc(Cl)c(C(F)(F)F)c1)OCc1cccc(-c2cccnc2)c1. The average Bonchev–Trinajstić information content (AvgIpc) is 2.68. The molecule has 28 heavy (non-hydrogen) atoms. The number of benzene rings is 2. The fourth-order valence-electron chi connectivity index (χ4n) is 2.50. The van der Waals surface area contributed by atoms with E-state index in [9.17, 15) is 18.0 Å². The molecular weight excluding hydrogens is 393 g/mol. The van der Waals surface area contributed by atoms with E-state index in [2.05, 4.69) is 10.3 Å². The maximum absolute atomic E-state index is 12.9. The van der Waals surface area contributed by atoms with Crippen LogP contribution in [0.25, 0.3) is 11.1 Å². The quantitative estimate of drug-likeness (QED) is 0.563. The van der Waals surface area contributed by atoms with Crippen LogP contribution in [0.2, 0.25) is 5.02 Å². The number of anilines is 1. The molecule has 1 N–H and O–H groups in total. The number of aromatic nitrogens is 1. The van der Waals surface area contributed by atoms with Crippen molar-refractivity contribution in [3.8, 4) is 11.1 Å². The van der Waals surface area contributed by atoms with Gasteiger partial charge in [0.1, 0.15) is 6.61 Å². The molecule has 0 spiro atoms. The van der Waals surface area contributed by atoms with E-state index in [4.69, 9.17) is 16.3 Å². The summed E-state index contributed by atoms with van der Waals surface area (Å²) in [6.07, 6.45) is -2.11. The van der Waals surface area contributed by atoms with E-state index in [0.717, 1.165) is 28.8 Å². The van der Waals surface area contributed by atoms with E-state index >= 15 is 0 Å². The van der Waals surface area contributed by atoms with Gasteiger partial charge in [0.25, 0.3) is 0 Å². The van der Waals surface area contributed by atoms with Gasteiger partial charge in [0, 0.05) is 18.1 Å². The number of pyridine rings is 1. The molecule has 0 fully saturated rings. The first kappa shape index (κ1) is 19.7. The summed E-state index contributed by atoms with van der Waals surface area (Å²) in [6.45, 7) is -0.0420. The summed E-state index contributed by atoms with van der Waals surface area (Å²) >= 11 is 5.56. The van der Waals surface area contributed by atoms with Gasteiger partial charge < -0.3 is 4.74 Å². The molecule has 2 aromatic carbocycles. The lowest BCUT2D eigenvalue weighted by molar-refractivity contribution is -0.137. The smallest absolute Gasteiger partial charge is 0.417 e. The Morgan fingerprint density at radius 3 is 2.57 bits per heavy atom. The van der Waals surface area contributed by atoms with Crippen LogP contribution in [0, 0.1) is 0 Å². The van der Waals surface area contributed by atoms with E-state index in [1.165, 1.54) is 6.07 Å². The first-order valence-corrected chi connectivity index (χ1v) is 8.50. The van der Waals surface area contributed by atoms with Crippen molar-refractivity contribution in [2.45, 2.75) is 12.8 Å². The summed E-state index contributed by atoms with van der Waals surface area (Å²) in [7, 11) is 0. The topological polar surface area (TPSA) is 51.2 Å². The van der Waals surface area contributed by atoms with Crippen molar-refractivity contribution in [3.63, 3.8) is 0 Å². The minimum atomic E-state index is -4.62. The summed E-state index contributed by atoms with van der Waals surface area (Å²) in [6, 6.07) is 14.1.